The summed E-state index contributed by atoms with van der Waals surface area (Å²) in [5.41, 5.74) is 1.82. The second-order valence-electron chi connectivity index (χ2n) is 5.54. The first-order valence-corrected chi connectivity index (χ1v) is 8.44. The van der Waals surface area contributed by atoms with E-state index in [1.54, 1.807) is 25.4 Å². The van der Waals surface area contributed by atoms with Crippen LogP contribution in [0, 0.1) is 5.82 Å². The van der Waals surface area contributed by atoms with Gasteiger partial charge in [0.05, 0.1) is 12.1 Å². The molecule has 0 atom stereocenters. The minimum Gasteiger partial charge on any atom is -0.497 e. The van der Waals surface area contributed by atoms with Crippen molar-refractivity contribution in [2.75, 3.05) is 24.3 Å². The third kappa shape index (κ3) is 4.83. The van der Waals surface area contributed by atoms with Gasteiger partial charge in [-0.25, -0.2) is 9.37 Å². The number of rotatable bonds is 7. The van der Waals surface area contributed by atoms with Crippen LogP contribution < -0.4 is 15.4 Å². The Balaban J connectivity index is 1.57. The van der Waals surface area contributed by atoms with Gasteiger partial charge in [0.1, 0.15) is 17.4 Å². The molecule has 0 aliphatic rings. The largest absolute Gasteiger partial charge is 0.497 e. The highest BCUT2D eigenvalue weighted by Crippen LogP contribution is 2.21. The van der Waals surface area contributed by atoms with Crippen molar-refractivity contribution in [3.8, 4) is 5.75 Å². The van der Waals surface area contributed by atoms with Gasteiger partial charge in [0, 0.05) is 18.4 Å². The molecule has 0 bridgehead atoms. The molecule has 3 rings (SSSR count). The molecule has 7 heteroatoms. The number of nitrogens with one attached hydrogen (secondary N) is 2. The highest BCUT2D eigenvalue weighted by Gasteiger charge is 2.04. The summed E-state index contributed by atoms with van der Waals surface area (Å²) in [5, 5.41) is 6.31. The highest BCUT2D eigenvalue weighted by molar-refractivity contribution is 6.31. The molecule has 2 N–H and O–H groups in total. The Kier molecular flexibility index (Phi) is 5.86. The quantitative estimate of drug-likeness (QED) is 0.630. The lowest BCUT2D eigenvalue weighted by atomic mass is 10.1. The molecule has 0 amide bonds. The number of halogens is 2. The molecule has 0 aliphatic heterocycles. The van der Waals surface area contributed by atoms with Gasteiger partial charge in [0.15, 0.2) is 0 Å². The topological polar surface area (TPSA) is 59.1 Å². The Morgan fingerprint density at radius 3 is 2.65 bits per heavy atom. The molecule has 2 aromatic carbocycles. The Morgan fingerprint density at radius 1 is 1.12 bits per heavy atom. The van der Waals surface area contributed by atoms with Crippen LogP contribution in [0.2, 0.25) is 5.02 Å². The van der Waals surface area contributed by atoms with Gasteiger partial charge < -0.3 is 15.4 Å². The van der Waals surface area contributed by atoms with Crippen molar-refractivity contribution in [3.05, 3.63) is 71.1 Å². The number of hydrogen-bond donors (Lipinski definition) is 2. The average Bonchev–Trinajstić information content (AvgIpc) is 2.66. The number of benzene rings is 2. The SMILES string of the molecule is COc1ccc(CCNc2ccnc(Nc3ccc(F)c(Cl)c3)n2)cc1. The summed E-state index contributed by atoms with van der Waals surface area (Å²) >= 11 is 5.78. The van der Waals surface area contributed by atoms with Crippen LogP contribution in [0.4, 0.5) is 21.8 Å². The summed E-state index contributed by atoms with van der Waals surface area (Å²) in [6, 6.07) is 14.1. The van der Waals surface area contributed by atoms with Crippen molar-refractivity contribution in [2.24, 2.45) is 0 Å². The summed E-state index contributed by atoms with van der Waals surface area (Å²) in [5.74, 6) is 1.48. The van der Waals surface area contributed by atoms with E-state index in [1.165, 1.54) is 17.7 Å². The Bertz CT molecular complexity index is 874. The Morgan fingerprint density at radius 2 is 1.92 bits per heavy atom. The normalized spacial score (nSPS) is 10.4. The van der Waals surface area contributed by atoms with Crippen molar-refractivity contribution < 1.29 is 9.13 Å². The number of anilines is 3. The van der Waals surface area contributed by atoms with Crippen LogP contribution >= 0.6 is 11.6 Å². The van der Waals surface area contributed by atoms with Gasteiger partial charge in [-0.2, -0.15) is 4.98 Å². The molecule has 0 spiro atoms. The maximum absolute atomic E-state index is 13.2. The molecule has 0 saturated carbocycles. The van der Waals surface area contributed by atoms with E-state index in [2.05, 4.69) is 20.6 Å². The monoisotopic (exact) mass is 372 g/mol. The minimum atomic E-state index is -0.466. The molecule has 134 valence electrons. The number of nitrogens with zero attached hydrogens (tertiary/aromatic N) is 2. The summed E-state index contributed by atoms with van der Waals surface area (Å²) in [7, 11) is 1.65. The third-order valence-electron chi connectivity index (χ3n) is 3.71. The van der Waals surface area contributed by atoms with E-state index >= 15 is 0 Å². The predicted molar refractivity (Wildman–Crippen MR) is 102 cm³/mol. The zero-order valence-electron chi connectivity index (χ0n) is 14.2. The van der Waals surface area contributed by atoms with Gasteiger partial charge in [-0.1, -0.05) is 23.7 Å². The van der Waals surface area contributed by atoms with Crippen molar-refractivity contribution in [1.82, 2.24) is 9.97 Å². The lowest BCUT2D eigenvalue weighted by molar-refractivity contribution is 0.414. The van der Waals surface area contributed by atoms with Crippen molar-refractivity contribution >= 4 is 29.1 Å². The molecule has 1 aromatic heterocycles. The summed E-state index contributed by atoms with van der Waals surface area (Å²) in [6.07, 6.45) is 2.50. The van der Waals surface area contributed by atoms with Gasteiger partial charge in [-0.15, -0.1) is 0 Å². The van der Waals surface area contributed by atoms with Gasteiger partial charge in [0.25, 0.3) is 0 Å². The van der Waals surface area contributed by atoms with Crippen LogP contribution in [0.3, 0.4) is 0 Å². The van der Waals surface area contributed by atoms with E-state index in [9.17, 15) is 4.39 Å². The van der Waals surface area contributed by atoms with E-state index in [0.29, 0.717) is 17.5 Å². The van der Waals surface area contributed by atoms with E-state index in [-0.39, 0.29) is 5.02 Å². The lowest BCUT2D eigenvalue weighted by Gasteiger charge is -2.09. The van der Waals surface area contributed by atoms with Gasteiger partial charge in [-0.3, -0.25) is 0 Å². The molecule has 26 heavy (non-hydrogen) atoms. The van der Waals surface area contributed by atoms with Gasteiger partial charge in [0.2, 0.25) is 5.95 Å². The molecular weight excluding hydrogens is 355 g/mol. The first-order chi connectivity index (χ1) is 12.6. The van der Waals surface area contributed by atoms with Crippen LogP contribution in [-0.2, 0) is 6.42 Å². The summed E-state index contributed by atoms with van der Waals surface area (Å²) in [6.45, 7) is 0.727. The van der Waals surface area contributed by atoms with Crippen molar-refractivity contribution in [3.63, 3.8) is 0 Å². The molecule has 1 heterocycles. The predicted octanol–water partition coefficient (Wildman–Crippen LogP) is 4.68. The molecule has 0 fully saturated rings. The van der Waals surface area contributed by atoms with E-state index in [0.717, 1.165) is 18.7 Å². The van der Waals surface area contributed by atoms with E-state index in [4.69, 9.17) is 16.3 Å². The second kappa shape index (κ2) is 8.49. The van der Waals surface area contributed by atoms with Crippen molar-refractivity contribution in [1.29, 1.82) is 0 Å². The Labute approximate surface area is 156 Å². The zero-order valence-corrected chi connectivity index (χ0v) is 14.9. The first-order valence-electron chi connectivity index (χ1n) is 8.06. The molecule has 0 unspecified atom stereocenters. The zero-order chi connectivity index (χ0) is 18.4. The average molecular weight is 373 g/mol. The standard InChI is InChI=1S/C19H18ClFN4O/c1-26-15-5-2-13(3-6-15)8-10-22-18-9-11-23-19(25-18)24-14-4-7-17(21)16(20)12-14/h2-7,9,11-12H,8,10H2,1H3,(H2,22,23,24,25). The second-order valence-corrected chi connectivity index (χ2v) is 5.95. The van der Waals surface area contributed by atoms with Crippen LogP contribution in [0.5, 0.6) is 5.75 Å². The Hall–Kier alpha value is -2.86. The summed E-state index contributed by atoms with van der Waals surface area (Å²) < 4.78 is 18.4. The molecule has 0 saturated heterocycles. The lowest BCUT2D eigenvalue weighted by Crippen LogP contribution is -2.07. The van der Waals surface area contributed by atoms with Gasteiger partial charge in [-0.05, 0) is 48.4 Å². The highest BCUT2D eigenvalue weighted by atomic mass is 35.5. The maximum atomic E-state index is 13.2. The van der Waals surface area contributed by atoms with Gasteiger partial charge >= 0.3 is 0 Å². The molecular formula is C19H18ClFN4O. The smallest absolute Gasteiger partial charge is 0.229 e. The maximum Gasteiger partial charge on any atom is 0.229 e. The van der Waals surface area contributed by atoms with Crippen LogP contribution in [0.15, 0.2) is 54.7 Å². The fourth-order valence-corrected chi connectivity index (χ4v) is 2.53. The van der Waals surface area contributed by atoms with Crippen LogP contribution in [-0.4, -0.2) is 23.6 Å². The fraction of sp³-hybridized carbons (Fsp3) is 0.158. The van der Waals surface area contributed by atoms with Crippen LogP contribution in [0.25, 0.3) is 0 Å². The van der Waals surface area contributed by atoms with E-state index in [1.807, 2.05) is 24.3 Å². The molecule has 5 nitrogen and oxygen atoms in total. The van der Waals surface area contributed by atoms with Crippen LogP contribution in [0.1, 0.15) is 5.56 Å². The minimum absolute atomic E-state index is 0.0452. The molecule has 3 aromatic rings. The molecule has 0 radical (unpaired) electrons. The number of hydrogen-bond acceptors (Lipinski definition) is 5. The third-order valence-corrected chi connectivity index (χ3v) is 4.00. The van der Waals surface area contributed by atoms with Crippen molar-refractivity contribution in [2.45, 2.75) is 6.42 Å². The van der Waals surface area contributed by atoms with E-state index < -0.39 is 5.82 Å². The number of ether oxygens (including phenoxy) is 1. The molecule has 0 aliphatic carbocycles. The first kappa shape index (κ1) is 17.9. The fourth-order valence-electron chi connectivity index (χ4n) is 2.35. The number of aromatic nitrogens is 2. The number of methoxy groups -OCH3 is 1. The summed E-state index contributed by atoms with van der Waals surface area (Å²) in [4.78, 5) is 8.55.